The molecular formula is C43H24ClN3O2. The van der Waals surface area contributed by atoms with Crippen molar-refractivity contribution >= 4 is 66.3 Å². The molecule has 0 spiro atoms. The lowest BCUT2D eigenvalue weighted by Gasteiger charge is -2.10. The first-order valence-corrected chi connectivity index (χ1v) is 16.4. The van der Waals surface area contributed by atoms with Crippen molar-refractivity contribution in [3.63, 3.8) is 0 Å². The zero-order valence-corrected chi connectivity index (χ0v) is 26.6. The average Bonchev–Trinajstić information content (AvgIpc) is 3.74. The van der Waals surface area contributed by atoms with Crippen LogP contribution in [-0.2, 0) is 0 Å². The van der Waals surface area contributed by atoms with Gasteiger partial charge in [-0.15, -0.1) is 0 Å². The van der Waals surface area contributed by atoms with E-state index >= 15 is 0 Å². The number of furan rings is 2. The molecule has 0 unspecified atom stereocenters. The van der Waals surface area contributed by atoms with Crippen LogP contribution in [0.15, 0.2) is 154 Å². The SMILES string of the molecule is Clc1cccc2oc3c4ccccc4c(-c4cccc5oc6ccc(-c7nc(-c8ccccc8)nc(-c8ccccc8)n7)cc6c45)cc3c12. The predicted molar refractivity (Wildman–Crippen MR) is 199 cm³/mol. The van der Waals surface area contributed by atoms with Crippen molar-refractivity contribution in [1.82, 2.24) is 15.0 Å². The molecule has 6 heteroatoms. The van der Waals surface area contributed by atoms with E-state index in [9.17, 15) is 0 Å². The third-order valence-electron chi connectivity index (χ3n) is 9.19. The number of hydrogen-bond acceptors (Lipinski definition) is 5. The predicted octanol–water partition coefficient (Wildman–Crippen LogP) is 12.1. The number of hydrogen-bond donors (Lipinski definition) is 0. The second-order valence-corrected chi connectivity index (χ2v) is 12.5. The van der Waals surface area contributed by atoms with E-state index in [1.807, 2.05) is 109 Å². The Morgan fingerprint density at radius 1 is 0.388 bits per heavy atom. The molecule has 0 fully saturated rings. The highest BCUT2D eigenvalue weighted by atomic mass is 35.5. The molecule has 0 bridgehead atoms. The van der Waals surface area contributed by atoms with Gasteiger partial charge in [0.05, 0.1) is 5.02 Å². The fourth-order valence-electron chi connectivity index (χ4n) is 6.96. The maximum atomic E-state index is 6.77. The molecule has 3 aromatic heterocycles. The van der Waals surface area contributed by atoms with Crippen LogP contribution in [0.2, 0.25) is 5.02 Å². The molecule has 0 amide bonds. The molecule has 0 saturated carbocycles. The van der Waals surface area contributed by atoms with Crippen LogP contribution in [0.4, 0.5) is 0 Å². The molecule has 49 heavy (non-hydrogen) atoms. The van der Waals surface area contributed by atoms with Gasteiger partial charge in [0.15, 0.2) is 17.5 Å². The Morgan fingerprint density at radius 2 is 1.00 bits per heavy atom. The quantitative estimate of drug-likeness (QED) is 0.190. The molecule has 0 N–H and O–H groups in total. The van der Waals surface area contributed by atoms with Crippen LogP contribution < -0.4 is 0 Å². The van der Waals surface area contributed by atoms with E-state index in [2.05, 4.69) is 36.4 Å². The molecule has 5 nitrogen and oxygen atoms in total. The van der Waals surface area contributed by atoms with Gasteiger partial charge in [-0.05, 0) is 59.0 Å². The summed E-state index contributed by atoms with van der Waals surface area (Å²) < 4.78 is 12.9. The van der Waals surface area contributed by atoms with Crippen molar-refractivity contribution in [2.75, 3.05) is 0 Å². The van der Waals surface area contributed by atoms with Crippen LogP contribution in [0.3, 0.4) is 0 Å². The van der Waals surface area contributed by atoms with Crippen molar-refractivity contribution in [3.8, 4) is 45.3 Å². The minimum absolute atomic E-state index is 0.591. The van der Waals surface area contributed by atoms with Gasteiger partial charge in [-0.2, -0.15) is 0 Å². The fraction of sp³-hybridized carbons (Fsp3) is 0. The van der Waals surface area contributed by atoms with Crippen LogP contribution >= 0.6 is 11.6 Å². The summed E-state index contributed by atoms with van der Waals surface area (Å²) in [6.45, 7) is 0. The molecule has 10 aromatic rings. The highest BCUT2D eigenvalue weighted by molar-refractivity contribution is 6.38. The molecule has 7 aromatic carbocycles. The first-order chi connectivity index (χ1) is 24.2. The van der Waals surface area contributed by atoms with Gasteiger partial charge in [0.1, 0.15) is 22.3 Å². The summed E-state index contributed by atoms with van der Waals surface area (Å²) in [4.78, 5) is 14.8. The zero-order valence-electron chi connectivity index (χ0n) is 25.9. The minimum Gasteiger partial charge on any atom is -0.456 e. The molecule has 0 aliphatic heterocycles. The van der Waals surface area contributed by atoms with Gasteiger partial charge in [0.25, 0.3) is 0 Å². The number of halogens is 1. The number of nitrogens with zero attached hydrogens (tertiary/aromatic N) is 3. The van der Waals surface area contributed by atoms with Crippen LogP contribution in [0.1, 0.15) is 0 Å². The lowest BCUT2D eigenvalue weighted by Crippen LogP contribution is -2.00. The summed E-state index contributed by atoms with van der Waals surface area (Å²) >= 11 is 6.77. The van der Waals surface area contributed by atoms with E-state index < -0.39 is 0 Å². The molecular weight excluding hydrogens is 626 g/mol. The van der Waals surface area contributed by atoms with Crippen molar-refractivity contribution in [3.05, 3.63) is 151 Å². The third-order valence-corrected chi connectivity index (χ3v) is 9.51. The second-order valence-electron chi connectivity index (χ2n) is 12.1. The van der Waals surface area contributed by atoms with Gasteiger partial charge in [0, 0.05) is 43.6 Å². The number of aromatic nitrogens is 3. The minimum atomic E-state index is 0.591. The second kappa shape index (κ2) is 10.9. The van der Waals surface area contributed by atoms with Crippen LogP contribution in [0, 0.1) is 0 Å². The standard InChI is InChI=1S/C43H24ClN3O2/c44-34-18-10-20-37-39(34)33-24-31(28-15-7-8-16-30(28)40(33)49-37)29-17-9-19-36-38(29)32-23-27(21-22-35(32)48-36)43-46-41(25-11-3-1-4-12-25)45-42(47-43)26-13-5-2-6-14-26/h1-24H. The topological polar surface area (TPSA) is 65.0 Å². The zero-order chi connectivity index (χ0) is 32.5. The molecule has 0 radical (unpaired) electrons. The Kier molecular flexibility index (Phi) is 6.16. The third kappa shape index (κ3) is 4.44. The molecule has 3 heterocycles. The first kappa shape index (κ1) is 27.8. The van der Waals surface area contributed by atoms with Gasteiger partial charge < -0.3 is 8.83 Å². The molecule has 10 rings (SSSR count). The summed E-state index contributed by atoms with van der Waals surface area (Å²) in [6.07, 6.45) is 0. The number of rotatable bonds is 4. The number of benzene rings is 7. The molecule has 0 atom stereocenters. The summed E-state index contributed by atoms with van der Waals surface area (Å²) in [5.41, 5.74) is 8.03. The fourth-order valence-corrected chi connectivity index (χ4v) is 7.22. The Hall–Kier alpha value is -6.30. The summed E-state index contributed by atoms with van der Waals surface area (Å²) in [6, 6.07) is 48.8. The van der Waals surface area contributed by atoms with E-state index in [0.29, 0.717) is 22.5 Å². The summed E-state index contributed by atoms with van der Waals surface area (Å²) in [7, 11) is 0. The highest BCUT2D eigenvalue weighted by Gasteiger charge is 2.20. The van der Waals surface area contributed by atoms with Gasteiger partial charge in [-0.3, -0.25) is 0 Å². The number of fused-ring (bicyclic) bond motifs is 8. The van der Waals surface area contributed by atoms with Crippen molar-refractivity contribution in [1.29, 1.82) is 0 Å². The maximum absolute atomic E-state index is 6.77. The lowest BCUT2D eigenvalue weighted by atomic mass is 9.92. The van der Waals surface area contributed by atoms with E-state index in [1.165, 1.54) is 0 Å². The Balaban J connectivity index is 1.23. The molecule has 0 aliphatic rings. The monoisotopic (exact) mass is 649 g/mol. The van der Waals surface area contributed by atoms with E-state index in [4.69, 9.17) is 35.4 Å². The van der Waals surface area contributed by atoms with Gasteiger partial charge >= 0.3 is 0 Å². The largest absolute Gasteiger partial charge is 0.456 e. The lowest BCUT2D eigenvalue weighted by molar-refractivity contribution is 0.669. The van der Waals surface area contributed by atoms with E-state index in [-0.39, 0.29) is 0 Å². The smallest absolute Gasteiger partial charge is 0.164 e. The van der Waals surface area contributed by atoms with Crippen molar-refractivity contribution in [2.45, 2.75) is 0 Å². The van der Waals surface area contributed by atoms with Crippen LogP contribution in [-0.4, -0.2) is 15.0 Å². The Bertz CT molecular complexity index is 2840. The van der Waals surface area contributed by atoms with E-state index in [1.54, 1.807) is 0 Å². The highest BCUT2D eigenvalue weighted by Crippen LogP contribution is 2.45. The molecule has 0 aliphatic carbocycles. The van der Waals surface area contributed by atoms with Crippen molar-refractivity contribution in [2.24, 2.45) is 0 Å². The van der Waals surface area contributed by atoms with Crippen LogP contribution in [0.5, 0.6) is 0 Å². The normalized spacial score (nSPS) is 11.8. The Labute approximate surface area is 285 Å². The van der Waals surface area contributed by atoms with Crippen LogP contribution in [0.25, 0.3) is 99.9 Å². The maximum Gasteiger partial charge on any atom is 0.164 e. The average molecular weight is 650 g/mol. The van der Waals surface area contributed by atoms with E-state index in [0.717, 1.165) is 82.5 Å². The van der Waals surface area contributed by atoms with Gasteiger partial charge in [-0.1, -0.05) is 115 Å². The molecule has 230 valence electrons. The Morgan fingerprint density at radius 3 is 1.71 bits per heavy atom. The summed E-state index contributed by atoms with van der Waals surface area (Å²) in [5, 5.41) is 6.66. The molecule has 0 saturated heterocycles. The van der Waals surface area contributed by atoms with Crippen molar-refractivity contribution < 1.29 is 8.83 Å². The van der Waals surface area contributed by atoms with Gasteiger partial charge in [-0.25, -0.2) is 15.0 Å². The summed E-state index contributed by atoms with van der Waals surface area (Å²) in [5.74, 6) is 1.83. The van der Waals surface area contributed by atoms with Gasteiger partial charge in [0.2, 0.25) is 0 Å². The first-order valence-electron chi connectivity index (χ1n) is 16.0.